The molecule has 2 heterocycles. The zero-order valence-corrected chi connectivity index (χ0v) is 16.5. The summed E-state index contributed by atoms with van der Waals surface area (Å²) in [5.41, 5.74) is 1.17. The number of rotatable bonds is 8. The molecule has 2 N–H and O–H groups in total. The lowest BCUT2D eigenvalue weighted by molar-refractivity contribution is 0.213. The van der Waals surface area contributed by atoms with E-state index >= 15 is 0 Å². The molecule has 1 saturated heterocycles. The summed E-state index contributed by atoms with van der Waals surface area (Å²) in [6.07, 6.45) is 6.60. The summed E-state index contributed by atoms with van der Waals surface area (Å²) in [6, 6.07) is 4.43. The summed E-state index contributed by atoms with van der Waals surface area (Å²) in [5, 5.41) is 7.43. The molecule has 1 aromatic heterocycles. The van der Waals surface area contributed by atoms with Crippen LogP contribution in [0, 0.1) is 5.92 Å². The Hall–Kier alpha value is -1.33. The van der Waals surface area contributed by atoms with Gasteiger partial charge in [-0.1, -0.05) is 31.5 Å². The average molecular weight is 366 g/mol. The van der Waals surface area contributed by atoms with Crippen molar-refractivity contribution in [1.29, 1.82) is 0 Å². The van der Waals surface area contributed by atoms with E-state index in [1.165, 1.54) is 37.9 Å². The first-order chi connectivity index (χ1) is 12.1. The van der Waals surface area contributed by atoms with Crippen LogP contribution in [0.5, 0.6) is 0 Å². The molecule has 6 heteroatoms. The monoisotopic (exact) mass is 365 g/mol. The Bertz CT molecular complexity index is 523. The number of likely N-dealkylation sites (tertiary alicyclic amines) is 1. The van der Waals surface area contributed by atoms with Crippen LogP contribution >= 0.6 is 11.6 Å². The van der Waals surface area contributed by atoms with Gasteiger partial charge in [0.25, 0.3) is 0 Å². The lowest BCUT2D eigenvalue weighted by Crippen LogP contribution is -2.47. The van der Waals surface area contributed by atoms with Gasteiger partial charge >= 0.3 is 0 Å². The maximum atomic E-state index is 5.82. The molecule has 1 fully saturated rings. The number of aliphatic imine (C=N–C) groups is 1. The number of halogens is 1. The Kier molecular flexibility index (Phi) is 8.49. The van der Waals surface area contributed by atoms with Crippen molar-refractivity contribution >= 4 is 17.6 Å². The first-order valence-corrected chi connectivity index (χ1v) is 9.75. The molecule has 1 aromatic rings. The molecule has 0 saturated carbocycles. The van der Waals surface area contributed by atoms with E-state index in [4.69, 9.17) is 11.6 Å². The first kappa shape index (κ1) is 20.0. The van der Waals surface area contributed by atoms with Crippen molar-refractivity contribution in [2.75, 3.05) is 33.2 Å². The van der Waals surface area contributed by atoms with Crippen LogP contribution in [0.3, 0.4) is 0 Å². The molecule has 140 valence electrons. The number of guanidine groups is 1. The van der Waals surface area contributed by atoms with E-state index < -0.39 is 0 Å². The Morgan fingerprint density at radius 2 is 2.04 bits per heavy atom. The summed E-state index contributed by atoms with van der Waals surface area (Å²) in [5.74, 6) is 1.58. The molecule has 0 spiro atoms. The van der Waals surface area contributed by atoms with Crippen LogP contribution in [0.25, 0.3) is 0 Å². The maximum absolute atomic E-state index is 5.82. The standard InChI is InChI=1S/C19H32ClN5/c1-15(2)12-17(25-10-4-5-11-25)14-24-19(21-3)22-9-8-16-6-7-18(20)23-13-16/h6-7,13,15,17H,4-5,8-12,14H2,1-3H3,(H2,21,22,24). The third-order valence-electron chi connectivity index (χ3n) is 4.62. The molecular weight excluding hydrogens is 334 g/mol. The summed E-state index contributed by atoms with van der Waals surface area (Å²) < 4.78 is 0. The third-order valence-corrected chi connectivity index (χ3v) is 4.85. The van der Waals surface area contributed by atoms with Crippen molar-refractivity contribution in [3.63, 3.8) is 0 Å². The normalized spacial score (nSPS) is 17.1. The molecule has 0 amide bonds. The van der Waals surface area contributed by atoms with E-state index in [1.54, 1.807) is 0 Å². The predicted molar refractivity (Wildman–Crippen MR) is 106 cm³/mol. The Labute approximate surface area is 157 Å². The number of hydrogen-bond donors (Lipinski definition) is 2. The van der Waals surface area contributed by atoms with Gasteiger partial charge in [-0.3, -0.25) is 9.89 Å². The number of pyridine rings is 1. The summed E-state index contributed by atoms with van der Waals surface area (Å²) >= 11 is 5.82. The molecule has 1 unspecified atom stereocenters. The van der Waals surface area contributed by atoms with Gasteiger partial charge in [0.15, 0.2) is 5.96 Å². The maximum Gasteiger partial charge on any atom is 0.191 e. The van der Waals surface area contributed by atoms with Crippen LogP contribution in [0.1, 0.15) is 38.7 Å². The van der Waals surface area contributed by atoms with Gasteiger partial charge in [0.1, 0.15) is 5.15 Å². The van der Waals surface area contributed by atoms with Gasteiger partial charge in [-0.25, -0.2) is 4.98 Å². The summed E-state index contributed by atoms with van der Waals surface area (Å²) in [6.45, 7) is 8.83. The van der Waals surface area contributed by atoms with Crippen LogP contribution in [0.2, 0.25) is 5.15 Å². The minimum atomic E-state index is 0.535. The predicted octanol–water partition coefficient (Wildman–Crippen LogP) is 2.95. The minimum Gasteiger partial charge on any atom is -0.356 e. The fraction of sp³-hybridized carbons (Fsp3) is 0.684. The molecule has 0 aromatic carbocycles. The van der Waals surface area contributed by atoms with Crippen molar-refractivity contribution < 1.29 is 0 Å². The van der Waals surface area contributed by atoms with E-state index in [0.717, 1.165) is 25.5 Å². The lowest BCUT2D eigenvalue weighted by Gasteiger charge is -2.29. The molecule has 1 atom stereocenters. The van der Waals surface area contributed by atoms with Crippen LogP contribution in [0.15, 0.2) is 23.3 Å². The summed E-state index contributed by atoms with van der Waals surface area (Å²) in [4.78, 5) is 11.1. The quantitative estimate of drug-likeness (QED) is 0.422. The average Bonchev–Trinajstić information content (AvgIpc) is 3.12. The second-order valence-corrected chi connectivity index (χ2v) is 7.53. The molecule has 0 radical (unpaired) electrons. The molecular formula is C19H32ClN5. The highest BCUT2D eigenvalue weighted by atomic mass is 35.5. The smallest absolute Gasteiger partial charge is 0.191 e. The van der Waals surface area contributed by atoms with Gasteiger partial charge < -0.3 is 10.6 Å². The molecule has 2 rings (SSSR count). The van der Waals surface area contributed by atoms with Gasteiger partial charge in [0.05, 0.1) is 0 Å². The van der Waals surface area contributed by atoms with E-state index in [2.05, 4.69) is 39.4 Å². The molecule has 0 aliphatic carbocycles. The number of nitrogens with one attached hydrogen (secondary N) is 2. The van der Waals surface area contributed by atoms with Gasteiger partial charge in [0, 0.05) is 32.4 Å². The number of hydrogen-bond acceptors (Lipinski definition) is 3. The second-order valence-electron chi connectivity index (χ2n) is 7.15. The van der Waals surface area contributed by atoms with Crippen LogP contribution in [-0.4, -0.2) is 55.1 Å². The van der Waals surface area contributed by atoms with Crippen LogP contribution in [0.4, 0.5) is 0 Å². The van der Waals surface area contributed by atoms with Gasteiger partial charge in [-0.15, -0.1) is 0 Å². The molecule has 0 bridgehead atoms. The van der Waals surface area contributed by atoms with E-state index in [-0.39, 0.29) is 0 Å². The van der Waals surface area contributed by atoms with Gasteiger partial charge in [0.2, 0.25) is 0 Å². The zero-order chi connectivity index (χ0) is 18.1. The molecule has 1 aliphatic rings. The second kappa shape index (κ2) is 10.6. The summed E-state index contributed by atoms with van der Waals surface area (Å²) in [7, 11) is 1.83. The molecule has 1 aliphatic heterocycles. The van der Waals surface area contributed by atoms with E-state index in [0.29, 0.717) is 17.1 Å². The topological polar surface area (TPSA) is 52.6 Å². The van der Waals surface area contributed by atoms with Gasteiger partial charge in [-0.2, -0.15) is 0 Å². The van der Waals surface area contributed by atoms with Gasteiger partial charge in [-0.05, 0) is 56.3 Å². The SMILES string of the molecule is CN=C(NCCc1ccc(Cl)nc1)NCC(CC(C)C)N1CCCC1. The van der Waals surface area contributed by atoms with Crippen molar-refractivity contribution in [3.8, 4) is 0 Å². The highest BCUT2D eigenvalue weighted by Crippen LogP contribution is 2.17. The van der Waals surface area contributed by atoms with Crippen molar-refractivity contribution in [3.05, 3.63) is 29.0 Å². The van der Waals surface area contributed by atoms with Crippen LogP contribution in [-0.2, 0) is 6.42 Å². The van der Waals surface area contributed by atoms with E-state index in [1.807, 2.05) is 25.4 Å². The largest absolute Gasteiger partial charge is 0.356 e. The van der Waals surface area contributed by atoms with E-state index in [9.17, 15) is 0 Å². The highest BCUT2D eigenvalue weighted by Gasteiger charge is 2.22. The van der Waals surface area contributed by atoms with Crippen molar-refractivity contribution in [1.82, 2.24) is 20.5 Å². The minimum absolute atomic E-state index is 0.535. The Morgan fingerprint density at radius 3 is 2.64 bits per heavy atom. The number of nitrogens with zero attached hydrogens (tertiary/aromatic N) is 3. The molecule has 5 nitrogen and oxygen atoms in total. The Balaban J connectivity index is 1.76. The highest BCUT2D eigenvalue weighted by molar-refractivity contribution is 6.29. The fourth-order valence-electron chi connectivity index (χ4n) is 3.33. The zero-order valence-electron chi connectivity index (χ0n) is 15.8. The number of aromatic nitrogens is 1. The first-order valence-electron chi connectivity index (χ1n) is 9.37. The lowest BCUT2D eigenvalue weighted by atomic mass is 10.0. The third kappa shape index (κ3) is 7.20. The fourth-order valence-corrected chi connectivity index (χ4v) is 3.44. The van der Waals surface area contributed by atoms with Crippen LogP contribution < -0.4 is 10.6 Å². The molecule has 25 heavy (non-hydrogen) atoms. The van der Waals surface area contributed by atoms with Crippen molar-refractivity contribution in [2.24, 2.45) is 10.9 Å². The Morgan fingerprint density at radius 1 is 1.28 bits per heavy atom. The van der Waals surface area contributed by atoms with Crippen molar-refractivity contribution in [2.45, 2.75) is 45.6 Å².